The predicted octanol–water partition coefficient (Wildman–Crippen LogP) is 2.08. The molecule has 0 spiro atoms. The fraction of sp³-hybridized carbons (Fsp3) is 0.650. The van der Waals surface area contributed by atoms with Crippen LogP contribution in [-0.4, -0.2) is 69.5 Å². The van der Waals surface area contributed by atoms with E-state index in [0.29, 0.717) is 24.7 Å². The molecule has 8 heteroatoms. The predicted molar refractivity (Wildman–Crippen MR) is 108 cm³/mol. The van der Waals surface area contributed by atoms with Crippen LogP contribution in [0.3, 0.4) is 0 Å². The minimum atomic E-state index is -3.76. The number of piperazine rings is 1. The number of carbonyl (C=O) groups is 1. The lowest BCUT2D eigenvalue weighted by Gasteiger charge is -2.38. The van der Waals surface area contributed by atoms with Gasteiger partial charge in [0.25, 0.3) is 5.91 Å². The molecule has 1 N–H and O–H groups in total. The second-order valence-corrected chi connectivity index (χ2v) is 9.59. The van der Waals surface area contributed by atoms with Crippen LogP contribution in [0.1, 0.15) is 49.9 Å². The van der Waals surface area contributed by atoms with Gasteiger partial charge in [-0.1, -0.05) is 12.8 Å². The molecule has 2 aliphatic rings. The lowest BCUT2D eigenvalue weighted by atomic mass is 10.1. The lowest BCUT2D eigenvalue weighted by Crippen LogP contribution is -2.51. The first-order valence-corrected chi connectivity index (χ1v) is 11.5. The number of nitrogens with zero attached hydrogens (tertiary/aromatic N) is 2. The Balaban J connectivity index is 1.74. The van der Waals surface area contributed by atoms with E-state index in [1.807, 2.05) is 4.90 Å². The highest BCUT2D eigenvalue weighted by atomic mass is 32.2. The second-order valence-electron chi connectivity index (χ2n) is 7.91. The Morgan fingerprint density at radius 1 is 1.14 bits per heavy atom. The quantitative estimate of drug-likeness (QED) is 0.778. The third-order valence-corrected chi connectivity index (χ3v) is 7.21. The van der Waals surface area contributed by atoms with Gasteiger partial charge in [-0.3, -0.25) is 9.69 Å². The van der Waals surface area contributed by atoms with Crippen molar-refractivity contribution in [2.24, 2.45) is 0 Å². The van der Waals surface area contributed by atoms with Gasteiger partial charge in [0.1, 0.15) is 10.6 Å². The van der Waals surface area contributed by atoms with Crippen molar-refractivity contribution in [3.05, 3.63) is 23.8 Å². The van der Waals surface area contributed by atoms with Gasteiger partial charge < -0.3 is 9.64 Å². The van der Waals surface area contributed by atoms with Crippen molar-refractivity contribution < 1.29 is 17.9 Å². The van der Waals surface area contributed by atoms with Gasteiger partial charge >= 0.3 is 0 Å². The van der Waals surface area contributed by atoms with Crippen molar-refractivity contribution in [2.45, 2.75) is 56.5 Å². The van der Waals surface area contributed by atoms with Gasteiger partial charge in [-0.2, -0.15) is 0 Å². The maximum atomic E-state index is 13.0. The molecule has 7 nitrogen and oxygen atoms in total. The fourth-order valence-corrected chi connectivity index (χ4v) is 5.58. The molecule has 0 atom stereocenters. The first-order chi connectivity index (χ1) is 13.3. The van der Waals surface area contributed by atoms with Crippen LogP contribution in [0.15, 0.2) is 23.1 Å². The summed E-state index contributed by atoms with van der Waals surface area (Å²) in [6, 6.07) is 5.03. The molecular weight excluding hydrogens is 378 g/mol. The summed E-state index contributed by atoms with van der Waals surface area (Å²) >= 11 is 0. The number of ether oxygens (including phenoxy) is 1. The first kappa shape index (κ1) is 21.1. The second kappa shape index (κ2) is 8.80. The SMILES string of the molecule is COc1ccc(C(=O)N2CCN(C3CCCC3)CC2)cc1S(=O)(=O)NC(C)C. The van der Waals surface area contributed by atoms with E-state index >= 15 is 0 Å². The molecule has 0 radical (unpaired) electrons. The van der Waals surface area contributed by atoms with Crippen LogP contribution in [-0.2, 0) is 10.0 Å². The average Bonchev–Trinajstić information content (AvgIpc) is 3.21. The molecule has 0 aromatic heterocycles. The Kier molecular flexibility index (Phi) is 6.62. The monoisotopic (exact) mass is 409 g/mol. The lowest BCUT2D eigenvalue weighted by molar-refractivity contribution is 0.0573. The number of rotatable bonds is 6. The normalized spacial score (nSPS) is 19.4. The highest BCUT2D eigenvalue weighted by Crippen LogP contribution is 2.27. The number of amides is 1. The molecule has 1 amide bonds. The van der Waals surface area contributed by atoms with Gasteiger partial charge in [0, 0.05) is 43.8 Å². The topological polar surface area (TPSA) is 79.0 Å². The van der Waals surface area contributed by atoms with E-state index in [1.54, 1.807) is 26.0 Å². The molecule has 1 heterocycles. The fourth-order valence-electron chi connectivity index (χ4n) is 4.14. The van der Waals surface area contributed by atoms with E-state index in [9.17, 15) is 13.2 Å². The van der Waals surface area contributed by atoms with Gasteiger partial charge in [0.05, 0.1) is 7.11 Å². The summed E-state index contributed by atoms with van der Waals surface area (Å²) in [6.45, 7) is 6.62. The van der Waals surface area contributed by atoms with Gasteiger partial charge in [0.15, 0.2) is 0 Å². The standard InChI is InChI=1S/C20H31N3O4S/c1-15(2)21-28(25,26)19-14-16(8-9-18(19)27-3)20(24)23-12-10-22(11-13-23)17-6-4-5-7-17/h8-9,14-15,17,21H,4-7,10-13H2,1-3H3. The van der Waals surface area contributed by atoms with Crippen molar-refractivity contribution in [3.63, 3.8) is 0 Å². The average molecular weight is 410 g/mol. The Morgan fingerprint density at radius 3 is 2.36 bits per heavy atom. The van der Waals surface area contributed by atoms with Crippen LogP contribution in [0.5, 0.6) is 5.75 Å². The molecule has 1 saturated carbocycles. The van der Waals surface area contributed by atoms with Crippen molar-refractivity contribution in [1.82, 2.24) is 14.5 Å². The number of benzene rings is 1. The molecule has 3 rings (SSSR count). The third kappa shape index (κ3) is 4.67. The highest BCUT2D eigenvalue weighted by Gasteiger charge is 2.29. The van der Waals surface area contributed by atoms with Crippen molar-refractivity contribution >= 4 is 15.9 Å². The summed E-state index contributed by atoms with van der Waals surface area (Å²) in [4.78, 5) is 17.3. The Bertz CT molecular complexity index is 796. The number of methoxy groups -OCH3 is 1. The minimum absolute atomic E-state index is 0.000795. The molecule has 156 valence electrons. The number of hydrogen-bond acceptors (Lipinski definition) is 5. The third-order valence-electron chi connectivity index (χ3n) is 5.53. The molecule has 1 aromatic carbocycles. The van der Waals surface area contributed by atoms with Gasteiger partial charge in [-0.25, -0.2) is 13.1 Å². The molecule has 1 aromatic rings. The van der Waals surface area contributed by atoms with Crippen LogP contribution >= 0.6 is 0 Å². The Hall–Kier alpha value is -1.64. The van der Waals surface area contributed by atoms with Gasteiger partial charge in [-0.15, -0.1) is 0 Å². The van der Waals surface area contributed by atoms with Crippen molar-refractivity contribution in [2.75, 3.05) is 33.3 Å². The summed E-state index contributed by atoms with van der Waals surface area (Å²) in [6.07, 6.45) is 5.13. The summed E-state index contributed by atoms with van der Waals surface area (Å²) in [5, 5.41) is 0. The van der Waals surface area contributed by atoms with Crippen LogP contribution in [0.2, 0.25) is 0 Å². The molecule has 28 heavy (non-hydrogen) atoms. The molecular formula is C20H31N3O4S. The maximum absolute atomic E-state index is 13.0. The minimum Gasteiger partial charge on any atom is -0.495 e. The maximum Gasteiger partial charge on any atom is 0.253 e. The Labute approximate surface area is 168 Å². The Morgan fingerprint density at radius 2 is 1.79 bits per heavy atom. The number of carbonyl (C=O) groups excluding carboxylic acids is 1. The van der Waals surface area contributed by atoms with E-state index < -0.39 is 10.0 Å². The van der Waals surface area contributed by atoms with E-state index in [-0.39, 0.29) is 22.6 Å². The summed E-state index contributed by atoms with van der Waals surface area (Å²) in [7, 11) is -2.34. The molecule has 0 unspecified atom stereocenters. The molecule has 2 fully saturated rings. The number of nitrogens with one attached hydrogen (secondary N) is 1. The van der Waals surface area contributed by atoms with E-state index in [0.717, 1.165) is 13.1 Å². The van der Waals surface area contributed by atoms with Crippen LogP contribution in [0, 0.1) is 0 Å². The van der Waals surface area contributed by atoms with E-state index in [1.165, 1.54) is 38.9 Å². The van der Waals surface area contributed by atoms with Gasteiger partial charge in [0.2, 0.25) is 10.0 Å². The summed E-state index contributed by atoms with van der Waals surface area (Å²) < 4.78 is 33.0. The van der Waals surface area contributed by atoms with Gasteiger partial charge in [-0.05, 0) is 44.9 Å². The smallest absolute Gasteiger partial charge is 0.253 e. The van der Waals surface area contributed by atoms with Crippen molar-refractivity contribution in [1.29, 1.82) is 0 Å². The van der Waals surface area contributed by atoms with E-state index in [4.69, 9.17) is 4.74 Å². The zero-order valence-corrected chi connectivity index (χ0v) is 17.8. The van der Waals surface area contributed by atoms with Crippen LogP contribution < -0.4 is 9.46 Å². The zero-order chi connectivity index (χ0) is 20.3. The molecule has 0 bridgehead atoms. The highest BCUT2D eigenvalue weighted by molar-refractivity contribution is 7.89. The number of hydrogen-bond donors (Lipinski definition) is 1. The molecule has 1 saturated heterocycles. The summed E-state index contributed by atoms with van der Waals surface area (Å²) in [5.74, 6) is 0.102. The van der Waals surface area contributed by atoms with Crippen LogP contribution in [0.4, 0.5) is 0 Å². The van der Waals surface area contributed by atoms with Crippen LogP contribution in [0.25, 0.3) is 0 Å². The van der Waals surface area contributed by atoms with Crippen molar-refractivity contribution in [3.8, 4) is 5.75 Å². The number of sulfonamides is 1. The molecule has 1 aliphatic heterocycles. The largest absolute Gasteiger partial charge is 0.495 e. The first-order valence-electron chi connectivity index (χ1n) is 10.1. The zero-order valence-electron chi connectivity index (χ0n) is 17.0. The summed E-state index contributed by atoms with van der Waals surface area (Å²) in [5.41, 5.74) is 0.374. The molecule has 1 aliphatic carbocycles. The van der Waals surface area contributed by atoms with E-state index in [2.05, 4.69) is 9.62 Å².